The predicted octanol–water partition coefficient (Wildman–Crippen LogP) is 3.19. The van der Waals surface area contributed by atoms with Gasteiger partial charge in [-0.05, 0) is 40.5 Å². The van der Waals surface area contributed by atoms with Gasteiger partial charge in [0.05, 0.1) is 11.2 Å². The summed E-state index contributed by atoms with van der Waals surface area (Å²) in [7, 11) is -0.217. The largest absolute Gasteiger partial charge is 0.486 e. The summed E-state index contributed by atoms with van der Waals surface area (Å²) in [5.74, 6) is 2.68. The number of rotatable bonds is 4. The molecule has 0 bridgehead atoms. The number of hydrogen-bond donors (Lipinski definition) is 0. The van der Waals surface area contributed by atoms with Crippen LogP contribution >= 0.6 is 11.6 Å². The Kier molecular flexibility index (Phi) is 4.27. The van der Waals surface area contributed by atoms with Crippen molar-refractivity contribution in [3.05, 3.63) is 12.1 Å². The second-order valence-electron chi connectivity index (χ2n) is 4.88. The maximum absolute atomic E-state index is 5.80. The van der Waals surface area contributed by atoms with Crippen LogP contribution in [0.4, 0.5) is 0 Å². The molecule has 1 saturated heterocycles. The van der Waals surface area contributed by atoms with E-state index in [1.807, 2.05) is 5.98 Å². The molecule has 1 aliphatic rings. The first kappa shape index (κ1) is 13.1. The third-order valence-electron chi connectivity index (χ3n) is 3.07. The van der Waals surface area contributed by atoms with Gasteiger partial charge in [-0.25, -0.2) is 0 Å². The van der Waals surface area contributed by atoms with Gasteiger partial charge in [0.2, 0.25) is 0 Å². The Morgan fingerprint density at radius 1 is 1.13 bits per heavy atom. The minimum Gasteiger partial charge on any atom is -0.400 e. The summed E-state index contributed by atoms with van der Waals surface area (Å²) >= 11 is 5.59. The van der Waals surface area contributed by atoms with Gasteiger partial charge in [0.1, 0.15) is 0 Å². The number of allylic oxidation sites excluding steroid dienone is 1. The van der Waals surface area contributed by atoms with Crippen LogP contribution in [0, 0.1) is 0 Å². The molecule has 0 atom stereocenters. The second-order valence-corrected chi connectivity index (χ2v) is 5.26. The van der Waals surface area contributed by atoms with Crippen LogP contribution in [0.15, 0.2) is 12.1 Å². The van der Waals surface area contributed by atoms with Crippen molar-refractivity contribution in [2.24, 2.45) is 0 Å². The van der Waals surface area contributed by atoms with E-state index in [0.717, 1.165) is 12.8 Å². The summed E-state index contributed by atoms with van der Waals surface area (Å²) in [6.07, 6.45) is 4.05. The van der Waals surface area contributed by atoms with Crippen molar-refractivity contribution < 1.29 is 9.31 Å². The van der Waals surface area contributed by atoms with Gasteiger partial charge >= 0.3 is 7.12 Å². The molecule has 0 N–H and O–H groups in total. The Hall–Kier alpha value is 0.0149. The zero-order valence-electron chi connectivity index (χ0n) is 10.0. The topological polar surface area (TPSA) is 18.5 Å². The summed E-state index contributed by atoms with van der Waals surface area (Å²) in [5, 5.41) is 0. The molecule has 15 heavy (non-hydrogen) atoms. The molecule has 1 heterocycles. The van der Waals surface area contributed by atoms with Crippen LogP contribution in [0.3, 0.4) is 0 Å². The Labute approximate surface area is 98.1 Å². The zero-order valence-corrected chi connectivity index (χ0v) is 10.8. The molecule has 0 aromatic carbocycles. The standard InChI is InChI=1S/C11H20BClO2/c1-10(2)11(3,4)15-12(14-10)8-6-5-7-9-13/h6,8H,5,7,9H2,1-4H3/b8-6-. The molecule has 0 unspecified atom stereocenters. The average Bonchev–Trinajstić information content (AvgIpc) is 2.30. The lowest BCUT2D eigenvalue weighted by Gasteiger charge is -2.32. The fourth-order valence-electron chi connectivity index (χ4n) is 1.37. The van der Waals surface area contributed by atoms with Crippen LogP contribution in [-0.4, -0.2) is 24.2 Å². The van der Waals surface area contributed by atoms with Crippen LogP contribution in [0.1, 0.15) is 40.5 Å². The summed E-state index contributed by atoms with van der Waals surface area (Å²) < 4.78 is 11.6. The highest BCUT2D eigenvalue weighted by molar-refractivity contribution is 6.51. The van der Waals surface area contributed by atoms with Crippen LogP contribution < -0.4 is 0 Å². The summed E-state index contributed by atoms with van der Waals surface area (Å²) in [6, 6.07) is 0. The molecule has 0 saturated carbocycles. The molecule has 0 aliphatic carbocycles. The maximum Gasteiger partial charge on any atom is 0.486 e. The quantitative estimate of drug-likeness (QED) is 0.419. The molecule has 0 amide bonds. The van der Waals surface area contributed by atoms with E-state index in [4.69, 9.17) is 20.9 Å². The van der Waals surface area contributed by atoms with E-state index < -0.39 is 0 Å². The van der Waals surface area contributed by atoms with Gasteiger partial charge in [-0.15, -0.1) is 11.6 Å². The fraction of sp³-hybridized carbons (Fsp3) is 0.818. The lowest BCUT2D eigenvalue weighted by Crippen LogP contribution is -2.41. The molecule has 2 nitrogen and oxygen atoms in total. The van der Waals surface area contributed by atoms with E-state index in [0.29, 0.717) is 5.88 Å². The van der Waals surface area contributed by atoms with Gasteiger partial charge in [0, 0.05) is 5.88 Å². The van der Waals surface area contributed by atoms with Crippen LogP contribution in [0.2, 0.25) is 0 Å². The van der Waals surface area contributed by atoms with Crippen molar-refractivity contribution in [3.8, 4) is 0 Å². The Morgan fingerprint density at radius 2 is 1.67 bits per heavy atom. The summed E-state index contributed by atoms with van der Waals surface area (Å²) in [5.41, 5.74) is -0.483. The summed E-state index contributed by atoms with van der Waals surface area (Å²) in [4.78, 5) is 0. The van der Waals surface area contributed by atoms with E-state index in [1.54, 1.807) is 0 Å². The molecule has 1 fully saturated rings. The van der Waals surface area contributed by atoms with E-state index in [-0.39, 0.29) is 18.3 Å². The molecule has 4 heteroatoms. The van der Waals surface area contributed by atoms with Crippen molar-refractivity contribution in [2.45, 2.75) is 51.7 Å². The molecular formula is C11H20BClO2. The molecule has 1 aliphatic heterocycles. The van der Waals surface area contributed by atoms with Gasteiger partial charge in [-0.1, -0.05) is 12.1 Å². The lowest BCUT2D eigenvalue weighted by atomic mass is 9.89. The van der Waals surface area contributed by atoms with Gasteiger partial charge < -0.3 is 9.31 Å². The maximum atomic E-state index is 5.80. The van der Waals surface area contributed by atoms with Crippen LogP contribution in [0.5, 0.6) is 0 Å². The van der Waals surface area contributed by atoms with Gasteiger partial charge in [-0.3, -0.25) is 0 Å². The van der Waals surface area contributed by atoms with Crippen molar-refractivity contribution in [3.63, 3.8) is 0 Å². The van der Waals surface area contributed by atoms with E-state index in [1.165, 1.54) is 0 Å². The molecule has 1 rings (SSSR count). The van der Waals surface area contributed by atoms with Crippen molar-refractivity contribution in [2.75, 3.05) is 5.88 Å². The fourth-order valence-corrected chi connectivity index (χ4v) is 1.52. The Morgan fingerprint density at radius 3 is 2.13 bits per heavy atom. The Balaban J connectivity index is 2.45. The molecule has 0 radical (unpaired) electrons. The number of halogens is 1. The number of hydrogen-bond acceptors (Lipinski definition) is 2. The minimum absolute atomic E-state index is 0.217. The third kappa shape index (κ3) is 3.23. The van der Waals surface area contributed by atoms with Crippen LogP contribution in [-0.2, 0) is 9.31 Å². The van der Waals surface area contributed by atoms with Crippen molar-refractivity contribution >= 4 is 18.7 Å². The van der Waals surface area contributed by atoms with Crippen LogP contribution in [0.25, 0.3) is 0 Å². The Bertz CT molecular complexity index is 223. The highest BCUT2D eigenvalue weighted by Crippen LogP contribution is 2.36. The molecule has 0 spiro atoms. The minimum atomic E-state index is -0.242. The molecule has 0 aromatic rings. The van der Waals surface area contributed by atoms with E-state index in [9.17, 15) is 0 Å². The van der Waals surface area contributed by atoms with Gasteiger partial charge in [0.25, 0.3) is 0 Å². The van der Waals surface area contributed by atoms with Crippen molar-refractivity contribution in [1.82, 2.24) is 0 Å². The molecule has 86 valence electrons. The zero-order chi connectivity index (χ0) is 11.5. The van der Waals surface area contributed by atoms with E-state index in [2.05, 4.69) is 33.8 Å². The first-order valence-corrected chi connectivity index (χ1v) is 6.01. The highest BCUT2D eigenvalue weighted by Gasteiger charge is 2.49. The van der Waals surface area contributed by atoms with Gasteiger partial charge in [-0.2, -0.15) is 0 Å². The first-order chi connectivity index (χ1) is 6.89. The number of alkyl halides is 1. The molecular weight excluding hydrogens is 210 g/mol. The number of unbranched alkanes of at least 4 members (excludes halogenated alkanes) is 1. The average molecular weight is 231 g/mol. The SMILES string of the molecule is CC1(C)OB(/C=C\CCCCl)OC1(C)C. The highest BCUT2D eigenvalue weighted by atomic mass is 35.5. The smallest absolute Gasteiger partial charge is 0.400 e. The molecule has 0 aromatic heterocycles. The first-order valence-electron chi connectivity index (χ1n) is 5.47. The normalized spacial score (nSPS) is 23.9. The van der Waals surface area contributed by atoms with E-state index >= 15 is 0 Å². The summed E-state index contributed by atoms with van der Waals surface area (Å²) in [6.45, 7) is 8.22. The lowest BCUT2D eigenvalue weighted by molar-refractivity contribution is 0.00578. The van der Waals surface area contributed by atoms with Crippen molar-refractivity contribution in [1.29, 1.82) is 0 Å². The second kappa shape index (κ2) is 4.90. The predicted molar refractivity (Wildman–Crippen MR) is 65.2 cm³/mol. The van der Waals surface area contributed by atoms with Gasteiger partial charge in [0.15, 0.2) is 0 Å². The third-order valence-corrected chi connectivity index (χ3v) is 3.34. The monoisotopic (exact) mass is 230 g/mol.